The van der Waals surface area contributed by atoms with Crippen LogP contribution in [0, 0.1) is 6.92 Å². The highest BCUT2D eigenvalue weighted by Gasteiger charge is 2.17. The Balaban J connectivity index is 1.89. The molecule has 6 heteroatoms. The van der Waals surface area contributed by atoms with E-state index in [1.54, 1.807) is 0 Å². The third-order valence-corrected chi connectivity index (χ3v) is 5.05. The van der Waals surface area contributed by atoms with E-state index >= 15 is 0 Å². The van der Waals surface area contributed by atoms with E-state index in [1.807, 2.05) is 61.5 Å². The molecule has 134 valence electrons. The number of carbonyl (C=O) groups excluding carboxylic acids is 1. The van der Waals surface area contributed by atoms with Crippen LogP contribution in [0.1, 0.15) is 16.7 Å². The van der Waals surface area contributed by atoms with Gasteiger partial charge in [-0.1, -0.05) is 60.2 Å². The minimum atomic E-state index is -3.35. The molecule has 0 fully saturated rings. The van der Waals surface area contributed by atoms with Crippen LogP contribution < -0.4 is 5.32 Å². The van der Waals surface area contributed by atoms with Gasteiger partial charge in [-0.3, -0.25) is 4.79 Å². The molecule has 2 aromatic rings. The third-order valence-electron chi connectivity index (χ3n) is 3.80. The van der Waals surface area contributed by atoms with Crippen LogP contribution in [0.4, 0.5) is 0 Å². The van der Waals surface area contributed by atoms with Gasteiger partial charge in [0.1, 0.15) is 0 Å². The summed E-state index contributed by atoms with van der Waals surface area (Å²) in [5.41, 5.74) is 2.95. The first-order valence-electron chi connectivity index (χ1n) is 8.16. The van der Waals surface area contributed by atoms with E-state index in [9.17, 15) is 13.2 Å². The Labute approximate surface area is 149 Å². The maximum atomic E-state index is 12.0. The number of rotatable bonds is 8. The average Bonchev–Trinajstić information content (AvgIpc) is 2.54. The molecule has 25 heavy (non-hydrogen) atoms. The molecule has 0 aromatic heterocycles. The van der Waals surface area contributed by atoms with E-state index in [0.717, 1.165) is 16.7 Å². The topological polar surface area (TPSA) is 66.5 Å². The second-order valence-corrected chi connectivity index (χ2v) is 8.08. The largest absolute Gasteiger partial charge is 0.354 e. The van der Waals surface area contributed by atoms with Crippen molar-refractivity contribution in [2.45, 2.75) is 19.9 Å². The molecule has 0 atom stereocenters. The summed E-state index contributed by atoms with van der Waals surface area (Å²) in [6.45, 7) is 2.80. The molecular weight excluding hydrogens is 336 g/mol. The molecule has 2 rings (SSSR count). The van der Waals surface area contributed by atoms with Crippen LogP contribution >= 0.6 is 0 Å². The number of hydrogen-bond donors (Lipinski definition) is 1. The van der Waals surface area contributed by atoms with Gasteiger partial charge >= 0.3 is 0 Å². The highest BCUT2D eigenvalue weighted by molar-refractivity contribution is 7.88. The van der Waals surface area contributed by atoms with Crippen LogP contribution in [-0.2, 0) is 27.8 Å². The smallest absolute Gasteiger partial charge is 0.224 e. The fourth-order valence-electron chi connectivity index (χ4n) is 2.54. The van der Waals surface area contributed by atoms with E-state index < -0.39 is 10.0 Å². The molecule has 2 aromatic carbocycles. The quantitative estimate of drug-likeness (QED) is 0.784. The van der Waals surface area contributed by atoms with Crippen molar-refractivity contribution in [3.05, 3.63) is 71.3 Å². The maximum absolute atomic E-state index is 12.0. The zero-order valence-electron chi connectivity index (χ0n) is 14.6. The number of sulfonamides is 1. The lowest BCUT2D eigenvalue weighted by atomic mass is 10.1. The monoisotopic (exact) mass is 360 g/mol. The summed E-state index contributed by atoms with van der Waals surface area (Å²) in [5, 5.41) is 2.79. The minimum Gasteiger partial charge on any atom is -0.354 e. The standard InChI is InChI=1S/C19H24N2O3S/c1-16-7-6-10-18(13-16)15-21(25(2,23)24)12-11-20-19(22)14-17-8-4-3-5-9-17/h3-10,13H,11-12,14-15H2,1-2H3,(H,20,22). The summed E-state index contributed by atoms with van der Waals surface area (Å²) in [4.78, 5) is 12.0. The predicted octanol–water partition coefficient (Wildman–Crippen LogP) is 2.12. The van der Waals surface area contributed by atoms with Crippen LogP contribution in [0.5, 0.6) is 0 Å². The van der Waals surface area contributed by atoms with Crippen LogP contribution in [0.2, 0.25) is 0 Å². The number of nitrogens with one attached hydrogen (secondary N) is 1. The molecule has 1 N–H and O–H groups in total. The molecule has 0 spiro atoms. The fraction of sp³-hybridized carbons (Fsp3) is 0.316. The van der Waals surface area contributed by atoms with Crippen molar-refractivity contribution in [3.63, 3.8) is 0 Å². The van der Waals surface area contributed by atoms with Crippen LogP contribution in [0.15, 0.2) is 54.6 Å². The average molecular weight is 360 g/mol. The van der Waals surface area contributed by atoms with Gasteiger partial charge in [0.05, 0.1) is 12.7 Å². The molecule has 0 aliphatic rings. The first-order chi connectivity index (χ1) is 11.8. The Morgan fingerprint density at radius 2 is 1.72 bits per heavy atom. The second kappa shape index (κ2) is 8.78. The Bertz CT molecular complexity index is 804. The molecule has 0 aliphatic carbocycles. The lowest BCUT2D eigenvalue weighted by Gasteiger charge is -2.20. The lowest BCUT2D eigenvalue weighted by molar-refractivity contribution is -0.120. The normalized spacial score (nSPS) is 11.5. The van der Waals surface area contributed by atoms with E-state index in [0.29, 0.717) is 6.54 Å². The zero-order valence-corrected chi connectivity index (χ0v) is 15.4. The SMILES string of the molecule is Cc1cccc(CN(CCNC(=O)Cc2ccccc2)S(C)(=O)=O)c1. The van der Waals surface area contributed by atoms with E-state index in [1.165, 1.54) is 10.6 Å². The molecule has 0 bridgehead atoms. The second-order valence-electron chi connectivity index (χ2n) is 6.10. The number of benzene rings is 2. The summed E-state index contributed by atoms with van der Waals surface area (Å²) in [6.07, 6.45) is 1.48. The Kier molecular flexibility index (Phi) is 6.73. The maximum Gasteiger partial charge on any atom is 0.224 e. The van der Waals surface area contributed by atoms with Gasteiger partial charge in [-0.2, -0.15) is 4.31 Å². The number of aryl methyl sites for hydroxylation is 1. The van der Waals surface area contributed by atoms with E-state index in [2.05, 4.69) is 5.32 Å². The Hall–Kier alpha value is -2.18. The predicted molar refractivity (Wildman–Crippen MR) is 99.6 cm³/mol. The molecular formula is C19H24N2O3S. The van der Waals surface area contributed by atoms with Crippen LogP contribution in [-0.4, -0.2) is 38.0 Å². The molecule has 0 heterocycles. The molecule has 1 amide bonds. The molecule has 0 unspecified atom stereocenters. The number of carbonyl (C=O) groups is 1. The zero-order chi connectivity index (χ0) is 18.3. The van der Waals surface area contributed by atoms with E-state index in [-0.39, 0.29) is 25.4 Å². The molecule has 5 nitrogen and oxygen atoms in total. The summed E-state index contributed by atoms with van der Waals surface area (Å²) in [5.74, 6) is -0.116. The van der Waals surface area contributed by atoms with Crippen molar-refractivity contribution >= 4 is 15.9 Å². The van der Waals surface area contributed by atoms with Crippen LogP contribution in [0.25, 0.3) is 0 Å². The highest BCUT2D eigenvalue weighted by atomic mass is 32.2. The van der Waals surface area contributed by atoms with E-state index in [4.69, 9.17) is 0 Å². The summed E-state index contributed by atoms with van der Waals surface area (Å²) < 4.78 is 25.4. The number of hydrogen-bond acceptors (Lipinski definition) is 3. The minimum absolute atomic E-state index is 0.116. The van der Waals surface area contributed by atoms with Crippen molar-refractivity contribution in [1.29, 1.82) is 0 Å². The molecule has 0 saturated heterocycles. The lowest BCUT2D eigenvalue weighted by Crippen LogP contribution is -2.38. The van der Waals surface area contributed by atoms with Crippen LogP contribution in [0.3, 0.4) is 0 Å². The molecule has 0 aliphatic heterocycles. The van der Waals surface area contributed by atoms with Crippen molar-refractivity contribution in [2.75, 3.05) is 19.3 Å². The van der Waals surface area contributed by atoms with Gasteiger partial charge in [0.2, 0.25) is 15.9 Å². The van der Waals surface area contributed by atoms with Gasteiger partial charge in [-0.25, -0.2) is 8.42 Å². The van der Waals surface area contributed by atoms with Gasteiger partial charge in [0.25, 0.3) is 0 Å². The number of nitrogens with zero attached hydrogens (tertiary/aromatic N) is 1. The van der Waals surface area contributed by atoms with Gasteiger partial charge in [-0.05, 0) is 18.1 Å². The molecule has 0 radical (unpaired) electrons. The van der Waals surface area contributed by atoms with Crippen molar-refractivity contribution in [2.24, 2.45) is 0 Å². The van der Waals surface area contributed by atoms with Gasteiger partial charge in [0.15, 0.2) is 0 Å². The first kappa shape index (κ1) is 19.1. The van der Waals surface area contributed by atoms with Gasteiger partial charge < -0.3 is 5.32 Å². The Morgan fingerprint density at radius 3 is 2.36 bits per heavy atom. The summed E-state index contributed by atoms with van der Waals surface area (Å²) in [6, 6.07) is 17.2. The van der Waals surface area contributed by atoms with Crippen molar-refractivity contribution in [3.8, 4) is 0 Å². The first-order valence-corrected chi connectivity index (χ1v) is 10.0. The van der Waals surface area contributed by atoms with Crippen molar-refractivity contribution in [1.82, 2.24) is 9.62 Å². The third kappa shape index (κ3) is 6.68. The fourth-order valence-corrected chi connectivity index (χ4v) is 3.35. The summed E-state index contributed by atoms with van der Waals surface area (Å²) in [7, 11) is -3.35. The number of amides is 1. The summed E-state index contributed by atoms with van der Waals surface area (Å²) >= 11 is 0. The highest BCUT2D eigenvalue weighted by Crippen LogP contribution is 2.10. The Morgan fingerprint density at radius 1 is 1.04 bits per heavy atom. The molecule has 0 saturated carbocycles. The van der Waals surface area contributed by atoms with Crippen molar-refractivity contribution < 1.29 is 13.2 Å². The van der Waals surface area contributed by atoms with Gasteiger partial charge in [-0.15, -0.1) is 0 Å². The van der Waals surface area contributed by atoms with Gasteiger partial charge in [0, 0.05) is 19.6 Å².